The third-order valence-electron chi connectivity index (χ3n) is 2.77. The molecular formula is C13H23NO3. The van der Waals surface area contributed by atoms with E-state index < -0.39 is 17.5 Å². The molecule has 0 spiro atoms. The summed E-state index contributed by atoms with van der Waals surface area (Å²) in [6.07, 6.45) is 6.62. The highest BCUT2D eigenvalue weighted by atomic mass is 16.6. The van der Waals surface area contributed by atoms with Gasteiger partial charge in [-0.15, -0.1) is 0 Å². The van der Waals surface area contributed by atoms with Gasteiger partial charge >= 0.3 is 11.9 Å². The quantitative estimate of drug-likeness (QED) is 0.435. The first-order valence-corrected chi connectivity index (χ1v) is 6.42. The summed E-state index contributed by atoms with van der Waals surface area (Å²) in [6, 6.07) is 0.137. The van der Waals surface area contributed by atoms with Crippen molar-refractivity contribution in [1.82, 2.24) is 5.32 Å². The van der Waals surface area contributed by atoms with E-state index in [9.17, 15) is 9.59 Å². The first kappa shape index (κ1) is 14.0. The predicted molar refractivity (Wildman–Crippen MR) is 65.5 cm³/mol. The van der Waals surface area contributed by atoms with Crippen molar-refractivity contribution in [2.24, 2.45) is 0 Å². The van der Waals surface area contributed by atoms with Gasteiger partial charge in [0, 0.05) is 6.04 Å². The Balaban J connectivity index is 2.39. The SMILES string of the molecule is CC(C)(C)OC(=O)C(=O)NC1CCCCCC1. The fourth-order valence-electron chi connectivity index (χ4n) is 1.99. The lowest BCUT2D eigenvalue weighted by Crippen LogP contribution is -2.42. The van der Waals surface area contributed by atoms with Crippen LogP contribution < -0.4 is 5.32 Å². The van der Waals surface area contributed by atoms with Gasteiger partial charge in [-0.3, -0.25) is 4.79 Å². The van der Waals surface area contributed by atoms with E-state index in [2.05, 4.69) is 5.32 Å². The Labute approximate surface area is 103 Å². The molecule has 1 N–H and O–H groups in total. The monoisotopic (exact) mass is 241 g/mol. The molecule has 0 unspecified atom stereocenters. The van der Waals surface area contributed by atoms with Crippen molar-refractivity contribution in [3.8, 4) is 0 Å². The molecule has 1 rings (SSSR count). The van der Waals surface area contributed by atoms with Crippen LogP contribution >= 0.6 is 0 Å². The molecule has 4 nitrogen and oxygen atoms in total. The molecule has 17 heavy (non-hydrogen) atoms. The van der Waals surface area contributed by atoms with E-state index in [0.29, 0.717) is 0 Å². The summed E-state index contributed by atoms with van der Waals surface area (Å²) >= 11 is 0. The molecule has 4 heteroatoms. The summed E-state index contributed by atoms with van der Waals surface area (Å²) in [7, 11) is 0. The van der Waals surface area contributed by atoms with Crippen LogP contribution in [0, 0.1) is 0 Å². The van der Waals surface area contributed by atoms with Crippen LogP contribution in [0.4, 0.5) is 0 Å². The van der Waals surface area contributed by atoms with E-state index >= 15 is 0 Å². The molecule has 0 radical (unpaired) electrons. The Bertz CT molecular complexity index is 273. The van der Waals surface area contributed by atoms with E-state index in [-0.39, 0.29) is 6.04 Å². The number of rotatable bonds is 1. The number of ether oxygens (including phenoxy) is 1. The standard InChI is InChI=1S/C13H23NO3/c1-13(2,3)17-12(16)11(15)14-10-8-6-4-5-7-9-10/h10H,4-9H2,1-3H3,(H,14,15). The molecule has 1 aliphatic rings. The minimum absolute atomic E-state index is 0.137. The average Bonchev–Trinajstić information content (AvgIpc) is 2.43. The molecule has 1 fully saturated rings. The van der Waals surface area contributed by atoms with E-state index in [1.807, 2.05) is 0 Å². The topological polar surface area (TPSA) is 55.4 Å². The molecule has 0 aromatic rings. The highest BCUT2D eigenvalue weighted by molar-refractivity contribution is 6.32. The fraction of sp³-hybridized carbons (Fsp3) is 0.846. The minimum atomic E-state index is -0.776. The highest BCUT2D eigenvalue weighted by Crippen LogP contribution is 2.17. The van der Waals surface area contributed by atoms with Crippen molar-refractivity contribution in [2.75, 3.05) is 0 Å². The van der Waals surface area contributed by atoms with Gasteiger partial charge in [-0.25, -0.2) is 4.79 Å². The van der Waals surface area contributed by atoms with Crippen LogP contribution in [0.5, 0.6) is 0 Å². The molecule has 0 aromatic carbocycles. The van der Waals surface area contributed by atoms with E-state index in [0.717, 1.165) is 25.7 Å². The summed E-state index contributed by atoms with van der Waals surface area (Å²) in [5.41, 5.74) is -0.613. The van der Waals surface area contributed by atoms with E-state index in [1.54, 1.807) is 20.8 Å². The van der Waals surface area contributed by atoms with Crippen LogP contribution in [0.1, 0.15) is 59.3 Å². The minimum Gasteiger partial charge on any atom is -0.453 e. The van der Waals surface area contributed by atoms with E-state index in [1.165, 1.54) is 12.8 Å². The summed E-state index contributed by atoms with van der Waals surface area (Å²) in [5, 5.41) is 2.77. The van der Waals surface area contributed by atoms with Crippen LogP contribution in [0.3, 0.4) is 0 Å². The normalized spacial score (nSPS) is 18.3. The summed E-state index contributed by atoms with van der Waals surface area (Å²) < 4.78 is 5.02. The fourth-order valence-corrected chi connectivity index (χ4v) is 1.99. The zero-order valence-electron chi connectivity index (χ0n) is 11.0. The van der Waals surface area contributed by atoms with Crippen molar-refractivity contribution in [1.29, 1.82) is 0 Å². The second kappa shape index (κ2) is 6.03. The number of hydrogen-bond acceptors (Lipinski definition) is 3. The Morgan fingerprint density at radius 2 is 1.59 bits per heavy atom. The number of nitrogens with one attached hydrogen (secondary N) is 1. The first-order valence-electron chi connectivity index (χ1n) is 6.42. The second-order valence-electron chi connectivity index (χ2n) is 5.66. The van der Waals surface area contributed by atoms with Crippen LogP contribution in [-0.4, -0.2) is 23.5 Å². The maximum atomic E-state index is 11.6. The average molecular weight is 241 g/mol. The molecule has 0 saturated heterocycles. The second-order valence-corrected chi connectivity index (χ2v) is 5.66. The Hall–Kier alpha value is -1.06. The van der Waals surface area contributed by atoms with Gasteiger partial charge in [0.25, 0.3) is 0 Å². The molecule has 0 atom stereocenters. The Kier molecular flexibility index (Phi) is 4.97. The highest BCUT2D eigenvalue weighted by Gasteiger charge is 2.25. The first-order chi connectivity index (χ1) is 7.88. The van der Waals surface area contributed by atoms with Gasteiger partial charge in [-0.1, -0.05) is 25.7 Å². The van der Waals surface area contributed by atoms with Gasteiger partial charge in [0.1, 0.15) is 5.60 Å². The number of amides is 1. The van der Waals surface area contributed by atoms with Gasteiger partial charge in [-0.05, 0) is 33.6 Å². The van der Waals surface area contributed by atoms with Crippen molar-refractivity contribution < 1.29 is 14.3 Å². The molecule has 98 valence electrons. The molecule has 1 amide bonds. The van der Waals surface area contributed by atoms with Crippen molar-refractivity contribution in [2.45, 2.75) is 70.9 Å². The van der Waals surface area contributed by atoms with Gasteiger partial charge in [-0.2, -0.15) is 0 Å². The van der Waals surface area contributed by atoms with Crippen molar-refractivity contribution in [3.63, 3.8) is 0 Å². The molecule has 1 saturated carbocycles. The van der Waals surface area contributed by atoms with Crippen molar-refractivity contribution in [3.05, 3.63) is 0 Å². The van der Waals surface area contributed by atoms with E-state index in [4.69, 9.17) is 4.74 Å². The summed E-state index contributed by atoms with van der Waals surface area (Å²) in [4.78, 5) is 23.1. The molecule has 0 bridgehead atoms. The maximum absolute atomic E-state index is 11.6. The lowest BCUT2D eigenvalue weighted by Gasteiger charge is -2.20. The van der Waals surface area contributed by atoms with Crippen LogP contribution in [0.25, 0.3) is 0 Å². The Morgan fingerprint density at radius 3 is 2.06 bits per heavy atom. The molecular weight excluding hydrogens is 218 g/mol. The van der Waals surface area contributed by atoms with Crippen molar-refractivity contribution >= 4 is 11.9 Å². The number of carbonyl (C=O) groups is 2. The summed E-state index contributed by atoms with van der Waals surface area (Å²) in [5.74, 6) is -1.38. The van der Waals surface area contributed by atoms with Crippen LogP contribution in [-0.2, 0) is 14.3 Å². The molecule has 0 aliphatic heterocycles. The molecule has 0 heterocycles. The Morgan fingerprint density at radius 1 is 1.06 bits per heavy atom. The van der Waals surface area contributed by atoms with Gasteiger partial charge < -0.3 is 10.1 Å². The number of carbonyl (C=O) groups excluding carboxylic acids is 2. The van der Waals surface area contributed by atoms with Gasteiger partial charge in [0.05, 0.1) is 0 Å². The maximum Gasteiger partial charge on any atom is 0.397 e. The molecule has 1 aliphatic carbocycles. The number of esters is 1. The predicted octanol–water partition coefficient (Wildman–Crippen LogP) is 2.17. The zero-order valence-corrected chi connectivity index (χ0v) is 11.0. The molecule has 0 aromatic heterocycles. The summed E-state index contributed by atoms with van der Waals surface area (Å²) in [6.45, 7) is 5.26. The number of hydrogen-bond donors (Lipinski definition) is 1. The smallest absolute Gasteiger partial charge is 0.397 e. The third kappa shape index (κ3) is 5.71. The lowest BCUT2D eigenvalue weighted by atomic mass is 10.1. The van der Waals surface area contributed by atoms with Gasteiger partial charge in [0.2, 0.25) is 0 Å². The zero-order chi connectivity index (χ0) is 12.9. The third-order valence-corrected chi connectivity index (χ3v) is 2.77. The largest absolute Gasteiger partial charge is 0.453 e. The van der Waals surface area contributed by atoms with Crippen LogP contribution in [0.15, 0.2) is 0 Å². The van der Waals surface area contributed by atoms with Gasteiger partial charge in [0.15, 0.2) is 0 Å². The van der Waals surface area contributed by atoms with Crippen LogP contribution in [0.2, 0.25) is 0 Å². The lowest BCUT2D eigenvalue weighted by molar-refractivity contribution is -0.163.